The average molecular weight is 362 g/mol. The zero-order valence-corrected chi connectivity index (χ0v) is 14.7. The van der Waals surface area contributed by atoms with Crippen LogP contribution in [0.2, 0.25) is 5.02 Å². The van der Waals surface area contributed by atoms with E-state index in [4.69, 9.17) is 16.3 Å². The van der Waals surface area contributed by atoms with E-state index >= 15 is 0 Å². The lowest BCUT2D eigenvalue weighted by atomic mass is 10.2. The van der Waals surface area contributed by atoms with Gasteiger partial charge < -0.3 is 15.4 Å². The minimum absolute atomic E-state index is 0.111. The Morgan fingerprint density at radius 3 is 2.76 bits per heavy atom. The molecule has 0 aliphatic heterocycles. The van der Waals surface area contributed by atoms with Gasteiger partial charge in [0.1, 0.15) is 5.75 Å². The lowest BCUT2D eigenvalue weighted by Gasteiger charge is -2.10. The zero-order valence-electron chi connectivity index (χ0n) is 13.9. The normalized spacial score (nSPS) is 10.2. The van der Waals surface area contributed by atoms with Crippen LogP contribution in [0.15, 0.2) is 42.7 Å². The number of carbonyl (C=O) groups is 2. The minimum atomic E-state index is -0.283. The van der Waals surface area contributed by atoms with Crippen molar-refractivity contribution in [1.29, 1.82) is 0 Å². The van der Waals surface area contributed by atoms with Crippen LogP contribution in [0, 0.1) is 6.92 Å². The molecule has 0 aliphatic rings. The predicted octanol–water partition coefficient (Wildman–Crippen LogP) is 2.24. The molecule has 0 fully saturated rings. The summed E-state index contributed by atoms with van der Waals surface area (Å²) in [5.74, 6) is 0.182. The molecular formula is C18H20ClN3O3. The van der Waals surface area contributed by atoms with Gasteiger partial charge in [-0.25, -0.2) is 0 Å². The maximum Gasteiger partial charge on any atom is 0.257 e. The van der Waals surface area contributed by atoms with Crippen molar-refractivity contribution in [1.82, 2.24) is 15.6 Å². The molecule has 25 heavy (non-hydrogen) atoms. The molecule has 7 heteroatoms. The van der Waals surface area contributed by atoms with Gasteiger partial charge >= 0.3 is 0 Å². The Kier molecular flexibility index (Phi) is 7.22. The minimum Gasteiger partial charge on any atom is -0.484 e. The Morgan fingerprint density at radius 2 is 2.04 bits per heavy atom. The van der Waals surface area contributed by atoms with Gasteiger partial charge in [0.25, 0.3) is 5.91 Å². The number of nitrogens with zero attached hydrogens (tertiary/aromatic N) is 1. The summed E-state index contributed by atoms with van der Waals surface area (Å²) in [5.41, 5.74) is 1.78. The molecule has 0 unspecified atom stereocenters. The third-order valence-corrected chi connectivity index (χ3v) is 3.62. The van der Waals surface area contributed by atoms with Crippen molar-refractivity contribution in [2.75, 3.05) is 13.2 Å². The van der Waals surface area contributed by atoms with Crippen LogP contribution in [0.4, 0.5) is 0 Å². The molecule has 2 amide bonds. The number of hydrogen-bond donors (Lipinski definition) is 2. The Morgan fingerprint density at radius 1 is 1.20 bits per heavy atom. The predicted molar refractivity (Wildman–Crippen MR) is 95.4 cm³/mol. The van der Waals surface area contributed by atoms with Gasteiger partial charge in [-0.1, -0.05) is 17.7 Å². The van der Waals surface area contributed by atoms with E-state index in [-0.39, 0.29) is 31.4 Å². The summed E-state index contributed by atoms with van der Waals surface area (Å²) in [4.78, 5) is 27.5. The first-order chi connectivity index (χ1) is 12.0. The average Bonchev–Trinajstić information content (AvgIpc) is 2.60. The monoisotopic (exact) mass is 361 g/mol. The maximum absolute atomic E-state index is 11.8. The maximum atomic E-state index is 11.8. The summed E-state index contributed by atoms with van der Waals surface area (Å²) in [7, 11) is 0. The number of amides is 2. The van der Waals surface area contributed by atoms with Crippen LogP contribution in [0.3, 0.4) is 0 Å². The Labute approximate surface area is 151 Å². The molecule has 2 rings (SSSR count). The van der Waals surface area contributed by atoms with Gasteiger partial charge in [-0.2, -0.15) is 0 Å². The number of halogens is 1. The van der Waals surface area contributed by atoms with Crippen LogP contribution in [0.5, 0.6) is 5.75 Å². The zero-order chi connectivity index (χ0) is 18.1. The van der Waals surface area contributed by atoms with Crippen LogP contribution in [-0.4, -0.2) is 29.9 Å². The van der Waals surface area contributed by atoms with E-state index in [2.05, 4.69) is 15.6 Å². The van der Waals surface area contributed by atoms with Crippen molar-refractivity contribution in [3.05, 3.63) is 58.9 Å². The molecule has 1 heterocycles. The van der Waals surface area contributed by atoms with Gasteiger partial charge in [0, 0.05) is 36.9 Å². The molecule has 2 aromatic rings. The quantitative estimate of drug-likeness (QED) is 0.755. The highest BCUT2D eigenvalue weighted by atomic mass is 35.5. The topological polar surface area (TPSA) is 80.3 Å². The summed E-state index contributed by atoms with van der Waals surface area (Å²) in [6.07, 6.45) is 3.57. The SMILES string of the molecule is Cc1cc(Cl)ccc1OCC(=O)NCCC(=O)NCc1cccnc1. The van der Waals surface area contributed by atoms with E-state index in [1.165, 1.54) is 0 Å². The molecule has 132 valence electrons. The number of aryl methyl sites for hydroxylation is 1. The van der Waals surface area contributed by atoms with E-state index < -0.39 is 0 Å². The fourth-order valence-electron chi connectivity index (χ4n) is 2.08. The summed E-state index contributed by atoms with van der Waals surface area (Å²) in [5, 5.41) is 6.04. The number of rotatable bonds is 8. The summed E-state index contributed by atoms with van der Waals surface area (Å²) in [6, 6.07) is 8.88. The van der Waals surface area contributed by atoms with Crippen molar-refractivity contribution >= 4 is 23.4 Å². The van der Waals surface area contributed by atoms with Gasteiger partial charge in [-0.05, 0) is 42.3 Å². The molecule has 1 aromatic carbocycles. The Hall–Kier alpha value is -2.60. The number of hydrogen-bond acceptors (Lipinski definition) is 4. The molecule has 6 nitrogen and oxygen atoms in total. The number of aromatic nitrogens is 1. The van der Waals surface area contributed by atoms with E-state index in [1.807, 2.05) is 19.1 Å². The van der Waals surface area contributed by atoms with Crippen LogP contribution in [0.25, 0.3) is 0 Å². The number of pyridine rings is 1. The van der Waals surface area contributed by atoms with E-state index in [9.17, 15) is 9.59 Å². The molecule has 0 atom stereocenters. The smallest absolute Gasteiger partial charge is 0.257 e. The summed E-state index contributed by atoms with van der Waals surface area (Å²) in [6.45, 7) is 2.41. The molecule has 0 saturated heterocycles. The first-order valence-electron chi connectivity index (χ1n) is 7.86. The second-order valence-electron chi connectivity index (χ2n) is 5.44. The van der Waals surface area contributed by atoms with Crippen LogP contribution < -0.4 is 15.4 Å². The molecule has 1 aromatic heterocycles. The van der Waals surface area contributed by atoms with Crippen LogP contribution in [-0.2, 0) is 16.1 Å². The molecule has 0 bridgehead atoms. The number of nitrogens with one attached hydrogen (secondary N) is 2. The standard InChI is InChI=1S/C18H20ClN3O3/c1-13-9-15(19)4-5-16(13)25-12-18(24)21-8-6-17(23)22-11-14-3-2-7-20-10-14/h2-5,7,9-10H,6,8,11-12H2,1H3,(H,21,24)(H,22,23). The third kappa shape index (κ3) is 6.81. The number of benzene rings is 1. The van der Waals surface area contributed by atoms with Crippen molar-refractivity contribution < 1.29 is 14.3 Å². The van der Waals surface area contributed by atoms with Gasteiger partial charge in [-0.3, -0.25) is 14.6 Å². The first-order valence-corrected chi connectivity index (χ1v) is 8.23. The summed E-state index contributed by atoms with van der Waals surface area (Å²) >= 11 is 5.87. The van der Waals surface area contributed by atoms with Gasteiger partial charge in [0.2, 0.25) is 5.91 Å². The molecule has 2 N–H and O–H groups in total. The highest BCUT2D eigenvalue weighted by Crippen LogP contribution is 2.21. The van der Waals surface area contributed by atoms with E-state index in [1.54, 1.807) is 30.6 Å². The molecule has 0 radical (unpaired) electrons. The van der Waals surface area contributed by atoms with Gasteiger partial charge in [0.15, 0.2) is 6.61 Å². The molecule has 0 aliphatic carbocycles. The second kappa shape index (κ2) is 9.64. The number of ether oxygens (including phenoxy) is 1. The highest BCUT2D eigenvalue weighted by molar-refractivity contribution is 6.30. The van der Waals surface area contributed by atoms with E-state index in [0.717, 1.165) is 11.1 Å². The van der Waals surface area contributed by atoms with Crippen molar-refractivity contribution in [2.24, 2.45) is 0 Å². The third-order valence-electron chi connectivity index (χ3n) is 3.38. The lowest BCUT2D eigenvalue weighted by molar-refractivity contribution is -0.123. The van der Waals surface area contributed by atoms with Gasteiger partial charge in [-0.15, -0.1) is 0 Å². The molecule has 0 saturated carbocycles. The fraction of sp³-hybridized carbons (Fsp3) is 0.278. The number of carbonyl (C=O) groups excluding carboxylic acids is 2. The first kappa shape index (κ1) is 18.7. The van der Waals surface area contributed by atoms with Crippen LogP contribution in [0.1, 0.15) is 17.5 Å². The fourth-order valence-corrected chi connectivity index (χ4v) is 2.30. The lowest BCUT2D eigenvalue weighted by Crippen LogP contribution is -2.33. The van der Waals surface area contributed by atoms with Crippen LogP contribution >= 0.6 is 11.6 Å². The largest absolute Gasteiger partial charge is 0.484 e. The Balaban J connectivity index is 1.62. The van der Waals surface area contributed by atoms with Crippen molar-refractivity contribution in [2.45, 2.75) is 19.9 Å². The Bertz CT molecular complexity index is 723. The highest BCUT2D eigenvalue weighted by Gasteiger charge is 2.07. The second-order valence-corrected chi connectivity index (χ2v) is 5.87. The van der Waals surface area contributed by atoms with Crippen molar-refractivity contribution in [3.63, 3.8) is 0 Å². The summed E-state index contributed by atoms with van der Waals surface area (Å²) < 4.78 is 5.44. The molecular weight excluding hydrogens is 342 g/mol. The van der Waals surface area contributed by atoms with Gasteiger partial charge in [0.05, 0.1) is 0 Å². The van der Waals surface area contributed by atoms with E-state index in [0.29, 0.717) is 17.3 Å². The van der Waals surface area contributed by atoms with Crippen molar-refractivity contribution in [3.8, 4) is 5.75 Å². The molecule has 0 spiro atoms.